The Bertz CT molecular complexity index is 231. The van der Waals surface area contributed by atoms with Crippen LogP contribution in [0, 0.1) is 0 Å². The first kappa shape index (κ1) is 12.5. The van der Waals surface area contributed by atoms with Crippen molar-refractivity contribution in [2.45, 2.75) is 30.9 Å². The summed E-state index contributed by atoms with van der Waals surface area (Å²) in [5.74, 6) is -4.74. The summed E-state index contributed by atoms with van der Waals surface area (Å²) < 4.78 is 90.2. The number of halogens is 7. The molecule has 0 spiro atoms. The molecule has 1 fully saturated rings. The molecule has 1 aliphatic heterocycles. The lowest BCUT2D eigenvalue weighted by atomic mass is 10.1. The van der Waals surface area contributed by atoms with Crippen LogP contribution in [0.3, 0.4) is 0 Å². The lowest BCUT2D eigenvalue weighted by Crippen LogP contribution is -2.48. The van der Waals surface area contributed by atoms with E-state index < -0.39 is 30.9 Å². The Balaban J connectivity index is 2.75. The highest BCUT2D eigenvalue weighted by Gasteiger charge is 2.64. The van der Waals surface area contributed by atoms with Crippen molar-refractivity contribution >= 4 is 0 Å². The lowest BCUT2D eigenvalue weighted by molar-refractivity contribution is -0.449. The summed E-state index contributed by atoms with van der Waals surface area (Å²) in [5.41, 5.74) is 0. The van der Waals surface area contributed by atoms with Gasteiger partial charge in [-0.15, -0.1) is 13.2 Å². The first-order valence-corrected chi connectivity index (χ1v) is 3.68. The minimum Gasteiger partial charge on any atom is -0.373 e. The van der Waals surface area contributed by atoms with E-state index in [4.69, 9.17) is 0 Å². The minimum absolute atomic E-state index is 0.205. The number of hydrogen-bond donors (Lipinski definition) is 0. The van der Waals surface area contributed by atoms with Crippen LogP contribution in [-0.4, -0.2) is 31.1 Å². The van der Waals surface area contributed by atoms with Crippen LogP contribution in [0.2, 0.25) is 0 Å². The van der Waals surface area contributed by atoms with Crippen LogP contribution in [0.5, 0.6) is 0 Å². The standard InChI is InChI=1S/C6H5F7O2/c7-4(5(8,9)10,1-3-2-14-3)15-6(11,12)13/h3H,1-2H2/t3-,4-/m0/s1. The van der Waals surface area contributed by atoms with Gasteiger partial charge in [0.25, 0.3) is 0 Å². The van der Waals surface area contributed by atoms with Gasteiger partial charge < -0.3 is 4.74 Å². The summed E-state index contributed by atoms with van der Waals surface area (Å²) in [6, 6.07) is 0. The maximum atomic E-state index is 12.9. The third-order valence-corrected chi connectivity index (χ3v) is 1.59. The maximum Gasteiger partial charge on any atom is 0.525 e. The zero-order valence-electron chi connectivity index (χ0n) is 6.95. The fraction of sp³-hybridized carbons (Fsp3) is 1.00. The molecule has 0 amide bonds. The molecule has 0 aromatic heterocycles. The smallest absolute Gasteiger partial charge is 0.373 e. The predicted octanol–water partition coefficient (Wildman–Crippen LogP) is 2.54. The first-order chi connectivity index (χ1) is 6.54. The van der Waals surface area contributed by atoms with Crippen molar-refractivity contribution < 1.29 is 40.2 Å². The second kappa shape index (κ2) is 3.48. The maximum absolute atomic E-state index is 12.9. The van der Waals surface area contributed by atoms with Crippen LogP contribution in [0.1, 0.15) is 6.42 Å². The molecule has 0 aromatic carbocycles. The molecule has 1 saturated heterocycles. The quantitative estimate of drug-likeness (QED) is 0.560. The topological polar surface area (TPSA) is 21.8 Å². The summed E-state index contributed by atoms with van der Waals surface area (Å²) >= 11 is 0. The summed E-state index contributed by atoms with van der Waals surface area (Å²) in [6.45, 7) is -0.205. The van der Waals surface area contributed by atoms with Crippen molar-refractivity contribution in [2.24, 2.45) is 0 Å². The van der Waals surface area contributed by atoms with Crippen LogP contribution >= 0.6 is 0 Å². The predicted molar refractivity (Wildman–Crippen MR) is 31.4 cm³/mol. The molecule has 90 valence electrons. The Morgan fingerprint density at radius 3 is 1.80 bits per heavy atom. The Labute approximate surface area is 78.9 Å². The second-order valence-electron chi connectivity index (χ2n) is 2.93. The van der Waals surface area contributed by atoms with Crippen LogP contribution in [0.25, 0.3) is 0 Å². The van der Waals surface area contributed by atoms with E-state index >= 15 is 0 Å². The van der Waals surface area contributed by atoms with Gasteiger partial charge in [0.1, 0.15) is 0 Å². The van der Waals surface area contributed by atoms with Crippen molar-refractivity contribution in [3.05, 3.63) is 0 Å². The molecule has 0 aliphatic carbocycles. The molecule has 0 aromatic rings. The Morgan fingerprint density at radius 2 is 1.53 bits per heavy atom. The largest absolute Gasteiger partial charge is 0.525 e. The number of rotatable bonds is 3. The fourth-order valence-corrected chi connectivity index (χ4v) is 0.877. The number of ether oxygens (including phenoxy) is 2. The monoisotopic (exact) mass is 242 g/mol. The molecule has 1 heterocycles. The fourth-order valence-electron chi connectivity index (χ4n) is 0.877. The van der Waals surface area contributed by atoms with E-state index in [-0.39, 0.29) is 6.61 Å². The van der Waals surface area contributed by atoms with Crippen molar-refractivity contribution in [1.29, 1.82) is 0 Å². The molecule has 0 unspecified atom stereocenters. The van der Waals surface area contributed by atoms with E-state index in [1.165, 1.54) is 0 Å². The van der Waals surface area contributed by atoms with E-state index in [0.29, 0.717) is 0 Å². The highest BCUT2D eigenvalue weighted by atomic mass is 19.4. The number of epoxide rings is 1. The van der Waals surface area contributed by atoms with Crippen molar-refractivity contribution in [3.63, 3.8) is 0 Å². The molecule has 1 rings (SSSR count). The van der Waals surface area contributed by atoms with Gasteiger partial charge in [-0.2, -0.15) is 13.2 Å². The van der Waals surface area contributed by atoms with Gasteiger partial charge in [0.05, 0.1) is 12.7 Å². The van der Waals surface area contributed by atoms with Gasteiger partial charge in [0.2, 0.25) is 0 Å². The van der Waals surface area contributed by atoms with Gasteiger partial charge in [-0.25, -0.2) is 9.13 Å². The average Bonchev–Trinajstić information content (AvgIpc) is 2.63. The zero-order chi connectivity index (χ0) is 11.9. The van der Waals surface area contributed by atoms with E-state index in [1.54, 1.807) is 0 Å². The minimum atomic E-state index is -5.76. The lowest BCUT2D eigenvalue weighted by Gasteiger charge is -2.27. The van der Waals surface area contributed by atoms with Crippen molar-refractivity contribution in [2.75, 3.05) is 6.61 Å². The normalized spacial score (nSPS) is 26.2. The van der Waals surface area contributed by atoms with E-state index in [2.05, 4.69) is 9.47 Å². The molecule has 15 heavy (non-hydrogen) atoms. The third kappa shape index (κ3) is 3.49. The molecule has 0 radical (unpaired) electrons. The highest BCUT2D eigenvalue weighted by molar-refractivity contribution is 4.85. The zero-order valence-corrected chi connectivity index (χ0v) is 6.95. The summed E-state index contributed by atoms with van der Waals surface area (Å²) in [4.78, 5) is 0. The third-order valence-electron chi connectivity index (χ3n) is 1.59. The van der Waals surface area contributed by atoms with E-state index in [0.717, 1.165) is 0 Å². The molecule has 0 saturated carbocycles. The molecule has 0 bridgehead atoms. The van der Waals surface area contributed by atoms with Crippen LogP contribution in [0.15, 0.2) is 0 Å². The van der Waals surface area contributed by atoms with Gasteiger partial charge in [-0.3, -0.25) is 0 Å². The molecule has 2 atom stereocenters. The van der Waals surface area contributed by atoms with Crippen LogP contribution in [-0.2, 0) is 9.47 Å². The molecule has 0 N–H and O–H groups in total. The van der Waals surface area contributed by atoms with E-state index in [9.17, 15) is 30.7 Å². The Hall–Kier alpha value is -0.570. The summed E-state index contributed by atoms with van der Waals surface area (Å²) in [7, 11) is 0. The molecule has 9 heteroatoms. The highest BCUT2D eigenvalue weighted by Crippen LogP contribution is 2.44. The molecule has 1 aliphatic rings. The molecular weight excluding hydrogens is 237 g/mol. The van der Waals surface area contributed by atoms with E-state index in [1.807, 2.05) is 0 Å². The van der Waals surface area contributed by atoms with Gasteiger partial charge >= 0.3 is 18.4 Å². The number of hydrogen-bond acceptors (Lipinski definition) is 2. The Kier molecular flexibility index (Phi) is 2.90. The summed E-state index contributed by atoms with van der Waals surface area (Å²) in [6.07, 6.45) is -14.2. The molecular formula is C6H5F7O2. The second-order valence-corrected chi connectivity index (χ2v) is 2.93. The molecule has 2 nitrogen and oxygen atoms in total. The van der Waals surface area contributed by atoms with Gasteiger partial charge in [-0.05, 0) is 0 Å². The SMILES string of the molecule is FC(F)(F)O[C@@](F)(C[C@H]1CO1)C(F)(F)F. The van der Waals surface area contributed by atoms with Crippen molar-refractivity contribution in [3.8, 4) is 0 Å². The van der Waals surface area contributed by atoms with Gasteiger partial charge in [-0.1, -0.05) is 0 Å². The summed E-state index contributed by atoms with van der Waals surface area (Å²) in [5, 5.41) is 0. The average molecular weight is 242 g/mol. The number of alkyl halides is 7. The first-order valence-electron chi connectivity index (χ1n) is 3.68. The van der Waals surface area contributed by atoms with Gasteiger partial charge in [0, 0.05) is 6.42 Å². The van der Waals surface area contributed by atoms with Gasteiger partial charge in [0.15, 0.2) is 0 Å². The Morgan fingerprint density at radius 1 is 1.07 bits per heavy atom. The van der Waals surface area contributed by atoms with Crippen LogP contribution < -0.4 is 0 Å². The van der Waals surface area contributed by atoms with Crippen LogP contribution in [0.4, 0.5) is 30.7 Å². The van der Waals surface area contributed by atoms with Crippen molar-refractivity contribution in [1.82, 2.24) is 0 Å².